The Morgan fingerprint density at radius 1 is 1.30 bits per heavy atom. The van der Waals surface area contributed by atoms with Gasteiger partial charge in [0.1, 0.15) is 0 Å². The largest absolute Gasteiger partial charge is 0.369 e. The third-order valence-electron chi connectivity index (χ3n) is 3.26. The number of carbonyl (C=O) groups excluding carboxylic acids is 2. The molecule has 4 nitrogen and oxygen atoms in total. The summed E-state index contributed by atoms with van der Waals surface area (Å²) in [6, 6.07) is 5.13. The van der Waals surface area contributed by atoms with Gasteiger partial charge in [0.25, 0.3) is 0 Å². The molecule has 1 aromatic carbocycles. The first kappa shape index (κ1) is 14.9. The van der Waals surface area contributed by atoms with E-state index in [1.807, 2.05) is 0 Å². The Bertz CT molecular complexity index is 572. The Labute approximate surface area is 127 Å². The first-order chi connectivity index (χ1) is 9.47. The molecular formula is C14H14Cl2N2O2. The van der Waals surface area contributed by atoms with Gasteiger partial charge in [0, 0.05) is 19.2 Å². The van der Waals surface area contributed by atoms with Gasteiger partial charge in [-0.1, -0.05) is 29.3 Å². The lowest BCUT2D eigenvalue weighted by atomic mass is 10.1. The predicted molar refractivity (Wildman–Crippen MR) is 79.4 cm³/mol. The molecule has 0 bridgehead atoms. The molecule has 1 fully saturated rings. The van der Waals surface area contributed by atoms with Crippen LogP contribution in [-0.2, 0) is 9.59 Å². The lowest BCUT2D eigenvalue weighted by molar-refractivity contribution is -0.125. The Balaban J connectivity index is 1.99. The molecule has 0 spiro atoms. The summed E-state index contributed by atoms with van der Waals surface area (Å²) in [7, 11) is 0. The number of likely N-dealkylation sites (tertiary alicyclic amines) is 1. The molecular weight excluding hydrogens is 299 g/mol. The zero-order chi connectivity index (χ0) is 14.7. The summed E-state index contributed by atoms with van der Waals surface area (Å²) >= 11 is 11.7. The van der Waals surface area contributed by atoms with E-state index in [1.165, 1.54) is 6.08 Å². The molecule has 1 saturated heterocycles. The van der Waals surface area contributed by atoms with Crippen LogP contribution in [-0.4, -0.2) is 29.8 Å². The van der Waals surface area contributed by atoms with Crippen molar-refractivity contribution in [3.8, 4) is 0 Å². The van der Waals surface area contributed by atoms with E-state index in [0.29, 0.717) is 29.6 Å². The van der Waals surface area contributed by atoms with E-state index < -0.39 is 0 Å². The number of hydrogen-bond acceptors (Lipinski definition) is 2. The van der Waals surface area contributed by atoms with Gasteiger partial charge >= 0.3 is 0 Å². The van der Waals surface area contributed by atoms with E-state index in [-0.39, 0.29) is 17.7 Å². The molecule has 0 saturated carbocycles. The summed E-state index contributed by atoms with van der Waals surface area (Å²) in [4.78, 5) is 24.6. The minimum Gasteiger partial charge on any atom is -0.369 e. The van der Waals surface area contributed by atoms with Crippen LogP contribution < -0.4 is 5.73 Å². The molecule has 0 aliphatic carbocycles. The number of benzene rings is 1. The summed E-state index contributed by atoms with van der Waals surface area (Å²) in [5.41, 5.74) is 6.02. The smallest absolute Gasteiger partial charge is 0.246 e. The van der Waals surface area contributed by atoms with E-state index >= 15 is 0 Å². The zero-order valence-electron chi connectivity index (χ0n) is 10.7. The number of primary amides is 1. The van der Waals surface area contributed by atoms with Crippen molar-refractivity contribution in [1.82, 2.24) is 4.90 Å². The molecule has 2 N–H and O–H groups in total. The molecule has 1 heterocycles. The van der Waals surface area contributed by atoms with Gasteiger partial charge in [-0.25, -0.2) is 0 Å². The van der Waals surface area contributed by atoms with E-state index in [4.69, 9.17) is 28.9 Å². The number of halogens is 2. The number of carbonyl (C=O) groups is 2. The standard InChI is InChI=1S/C14H14Cl2N2O2/c15-11-3-1-9(7-12(11)16)2-4-13(19)18-6-5-10(8-18)14(17)20/h1-4,7,10H,5-6,8H2,(H2,17,20)/b4-2+/t10-/m1/s1. The lowest BCUT2D eigenvalue weighted by Gasteiger charge is -2.13. The summed E-state index contributed by atoms with van der Waals surface area (Å²) in [6.45, 7) is 0.942. The summed E-state index contributed by atoms with van der Waals surface area (Å²) in [5.74, 6) is -0.731. The molecule has 1 atom stereocenters. The summed E-state index contributed by atoms with van der Waals surface area (Å²) in [5, 5.41) is 0.912. The van der Waals surface area contributed by atoms with Crippen LogP contribution in [0.4, 0.5) is 0 Å². The number of amides is 2. The van der Waals surface area contributed by atoms with E-state index in [1.54, 1.807) is 29.2 Å². The lowest BCUT2D eigenvalue weighted by Crippen LogP contribution is -2.30. The van der Waals surface area contributed by atoms with E-state index in [9.17, 15) is 9.59 Å². The Hall–Kier alpha value is -1.52. The van der Waals surface area contributed by atoms with Gasteiger partial charge in [-0.05, 0) is 30.2 Å². The maximum Gasteiger partial charge on any atom is 0.246 e. The first-order valence-electron chi connectivity index (χ1n) is 6.18. The highest BCUT2D eigenvalue weighted by molar-refractivity contribution is 6.42. The average molecular weight is 313 g/mol. The van der Waals surface area contributed by atoms with Crippen LogP contribution in [0.3, 0.4) is 0 Å². The van der Waals surface area contributed by atoms with Crippen molar-refractivity contribution in [3.63, 3.8) is 0 Å². The Morgan fingerprint density at radius 2 is 2.05 bits per heavy atom. The van der Waals surface area contributed by atoms with Gasteiger partial charge in [0.15, 0.2) is 0 Å². The van der Waals surface area contributed by atoms with E-state index in [0.717, 1.165) is 5.56 Å². The van der Waals surface area contributed by atoms with Gasteiger partial charge < -0.3 is 10.6 Å². The van der Waals surface area contributed by atoms with Gasteiger partial charge in [0.2, 0.25) is 11.8 Å². The zero-order valence-corrected chi connectivity index (χ0v) is 12.2. The van der Waals surface area contributed by atoms with Crippen LogP contribution in [0.5, 0.6) is 0 Å². The van der Waals surface area contributed by atoms with E-state index in [2.05, 4.69) is 0 Å². The molecule has 20 heavy (non-hydrogen) atoms. The monoisotopic (exact) mass is 312 g/mol. The molecule has 2 amide bonds. The first-order valence-corrected chi connectivity index (χ1v) is 6.94. The molecule has 1 aliphatic rings. The predicted octanol–water partition coefficient (Wildman–Crippen LogP) is 2.34. The van der Waals surface area contributed by atoms with Crippen LogP contribution in [0.15, 0.2) is 24.3 Å². The highest BCUT2D eigenvalue weighted by atomic mass is 35.5. The Kier molecular flexibility index (Phi) is 4.68. The number of nitrogens with zero attached hydrogens (tertiary/aromatic N) is 1. The fourth-order valence-electron chi connectivity index (χ4n) is 2.08. The number of rotatable bonds is 3. The number of hydrogen-bond donors (Lipinski definition) is 1. The molecule has 2 rings (SSSR count). The summed E-state index contributed by atoms with van der Waals surface area (Å²) in [6.07, 6.45) is 3.76. The molecule has 0 aromatic heterocycles. The maximum absolute atomic E-state index is 12.0. The second kappa shape index (κ2) is 6.29. The Morgan fingerprint density at radius 3 is 2.65 bits per heavy atom. The van der Waals surface area contributed by atoms with Crippen LogP contribution in [0.25, 0.3) is 6.08 Å². The maximum atomic E-state index is 12.0. The molecule has 106 valence electrons. The van der Waals surface area contributed by atoms with Gasteiger partial charge in [-0.3, -0.25) is 9.59 Å². The van der Waals surface area contributed by atoms with Crippen molar-refractivity contribution in [1.29, 1.82) is 0 Å². The van der Waals surface area contributed by atoms with Crippen molar-refractivity contribution in [2.45, 2.75) is 6.42 Å². The van der Waals surface area contributed by atoms with Crippen LogP contribution in [0, 0.1) is 5.92 Å². The van der Waals surface area contributed by atoms with Crippen LogP contribution in [0.1, 0.15) is 12.0 Å². The second-order valence-corrected chi connectivity index (χ2v) is 5.49. The van der Waals surface area contributed by atoms with Gasteiger partial charge in [-0.15, -0.1) is 0 Å². The molecule has 0 radical (unpaired) electrons. The third kappa shape index (κ3) is 3.52. The van der Waals surface area contributed by atoms with Crippen molar-refractivity contribution in [3.05, 3.63) is 39.9 Å². The number of nitrogens with two attached hydrogens (primary N) is 1. The topological polar surface area (TPSA) is 63.4 Å². The molecule has 0 unspecified atom stereocenters. The molecule has 1 aliphatic heterocycles. The fourth-order valence-corrected chi connectivity index (χ4v) is 2.39. The average Bonchev–Trinajstić information content (AvgIpc) is 2.89. The quantitative estimate of drug-likeness (QED) is 0.871. The van der Waals surface area contributed by atoms with Crippen molar-refractivity contribution in [2.24, 2.45) is 11.7 Å². The van der Waals surface area contributed by atoms with Gasteiger partial charge in [-0.2, -0.15) is 0 Å². The normalized spacial score (nSPS) is 18.7. The SMILES string of the molecule is NC(=O)[C@@H]1CCN(C(=O)/C=C/c2ccc(Cl)c(Cl)c2)C1. The van der Waals surface area contributed by atoms with Crippen LogP contribution >= 0.6 is 23.2 Å². The highest BCUT2D eigenvalue weighted by Gasteiger charge is 2.28. The minimum absolute atomic E-state index is 0.139. The van der Waals surface area contributed by atoms with Crippen molar-refractivity contribution >= 4 is 41.1 Å². The third-order valence-corrected chi connectivity index (χ3v) is 4.00. The minimum atomic E-state index is -0.353. The van der Waals surface area contributed by atoms with Gasteiger partial charge in [0.05, 0.1) is 16.0 Å². The second-order valence-electron chi connectivity index (χ2n) is 4.68. The highest BCUT2D eigenvalue weighted by Crippen LogP contribution is 2.23. The van der Waals surface area contributed by atoms with Crippen molar-refractivity contribution < 1.29 is 9.59 Å². The fraction of sp³-hybridized carbons (Fsp3) is 0.286. The molecule has 1 aromatic rings. The van der Waals surface area contributed by atoms with Crippen molar-refractivity contribution in [2.75, 3.05) is 13.1 Å². The summed E-state index contributed by atoms with van der Waals surface area (Å²) < 4.78 is 0. The van der Waals surface area contributed by atoms with Crippen LogP contribution in [0.2, 0.25) is 10.0 Å². The molecule has 6 heteroatoms.